The van der Waals surface area contributed by atoms with E-state index >= 15 is 4.79 Å². The van der Waals surface area contributed by atoms with Crippen LogP contribution in [0.4, 0.5) is 0 Å². The predicted octanol–water partition coefficient (Wildman–Crippen LogP) is 4.50. The van der Waals surface area contributed by atoms with E-state index in [2.05, 4.69) is 0 Å². The van der Waals surface area contributed by atoms with Crippen LogP contribution in [0, 0.1) is 28.6 Å². The number of aliphatic hydroxyl groups excluding tert-OH is 2. The predicted molar refractivity (Wildman–Crippen MR) is 183 cm³/mol. The van der Waals surface area contributed by atoms with Gasteiger partial charge in [0.15, 0.2) is 17.5 Å². The third-order valence-electron chi connectivity index (χ3n) is 11.8. The van der Waals surface area contributed by atoms with Crippen LogP contribution in [0.15, 0.2) is 114 Å². The molecule has 1 spiro atoms. The molecule has 0 amide bonds. The maximum Gasteiger partial charge on any atom is 0.338 e. The van der Waals surface area contributed by atoms with E-state index in [1.165, 1.54) is 6.08 Å². The normalized spacial score (nSPS) is 34.8. The lowest BCUT2D eigenvalue weighted by molar-refractivity contribution is -0.191. The van der Waals surface area contributed by atoms with Crippen LogP contribution in [0.25, 0.3) is 0 Å². The molecule has 10 nitrogen and oxygen atoms in total. The van der Waals surface area contributed by atoms with Crippen LogP contribution in [-0.2, 0) is 19.0 Å². The van der Waals surface area contributed by atoms with Gasteiger partial charge in [0.1, 0.15) is 18.3 Å². The maximum atomic E-state index is 15.3. The SMILES string of the molecule is CC1=CC23C(=O)C(C=C(CO)C(O)C2(O)C1OC(=O)c1ccccc1)C1C(C)(COC(=O)c2ccccc2)C1(OC(=O)c1ccccc1)CC3C. The lowest BCUT2D eigenvalue weighted by Gasteiger charge is -2.49. The Kier molecular flexibility index (Phi) is 8.40. The summed E-state index contributed by atoms with van der Waals surface area (Å²) in [5.41, 5.74) is -5.63. The zero-order valence-corrected chi connectivity index (χ0v) is 28.5. The van der Waals surface area contributed by atoms with Crippen LogP contribution in [-0.4, -0.2) is 75.6 Å². The van der Waals surface area contributed by atoms with Gasteiger partial charge in [0.2, 0.25) is 0 Å². The van der Waals surface area contributed by atoms with E-state index in [4.69, 9.17) is 14.2 Å². The average molecular weight is 693 g/mol. The molecular weight excluding hydrogens is 652 g/mol. The van der Waals surface area contributed by atoms with Gasteiger partial charge in [0, 0.05) is 17.3 Å². The summed E-state index contributed by atoms with van der Waals surface area (Å²) in [5, 5.41) is 35.5. The molecule has 0 saturated heterocycles. The van der Waals surface area contributed by atoms with Gasteiger partial charge in [0.25, 0.3) is 0 Å². The minimum atomic E-state index is -2.43. The van der Waals surface area contributed by atoms with Crippen LogP contribution in [0.1, 0.15) is 58.3 Å². The van der Waals surface area contributed by atoms with E-state index in [0.29, 0.717) is 11.1 Å². The molecule has 0 radical (unpaired) electrons. The summed E-state index contributed by atoms with van der Waals surface area (Å²) in [6.45, 7) is 4.22. The lowest BCUT2D eigenvalue weighted by Crippen LogP contribution is -2.66. The second-order valence-electron chi connectivity index (χ2n) is 14.5. The number of allylic oxidation sites excluding steroid dienone is 1. The first kappa shape index (κ1) is 34.5. The first-order chi connectivity index (χ1) is 24.4. The molecule has 4 aliphatic rings. The van der Waals surface area contributed by atoms with Crippen molar-refractivity contribution in [3.05, 3.63) is 131 Å². The summed E-state index contributed by atoms with van der Waals surface area (Å²) < 4.78 is 18.3. The van der Waals surface area contributed by atoms with Crippen molar-refractivity contribution in [1.29, 1.82) is 0 Å². The Morgan fingerprint density at radius 1 is 0.843 bits per heavy atom. The highest BCUT2D eigenvalue weighted by atomic mass is 16.6. The van der Waals surface area contributed by atoms with Crippen LogP contribution in [0.3, 0.4) is 0 Å². The second kappa shape index (κ2) is 12.4. The van der Waals surface area contributed by atoms with Gasteiger partial charge >= 0.3 is 17.9 Å². The van der Waals surface area contributed by atoms with Gasteiger partial charge in [0.05, 0.1) is 28.7 Å². The number of ether oxygens (including phenoxy) is 3. The van der Waals surface area contributed by atoms with Crippen molar-refractivity contribution in [2.24, 2.45) is 28.6 Å². The molecule has 9 unspecified atom stereocenters. The highest BCUT2D eigenvalue weighted by Crippen LogP contribution is 2.75. The molecule has 51 heavy (non-hydrogen) atoms. The summed E-state index contributed by atoms with van der Waals surface area (Å²) in [4.78, 5) is 55.7. The van der Waals surface area contributed by atoms with Crippen molar-refractivity contribution in [2.75, 3.05) is 13.2 Å². The molecule has 2 fully saturated rings. The molecular formula is C41H40O10. The van der Waals surface area contributed by atoms with Crippen molar-refractivity contribution in [3.63, 3.8) is 0 Å². The molecule has 2 saturated carbocycles. The Morgan fingerprint density at radius 2 is 1.37 bits per heavy atom. The molecule has 264 valence electrons. The number of aliphatic hydroxyl groups is 3. The number of hydrogen-bond acceptors (Lipinski definition) is 10. The third-order valence-corrected chi connectivity index (χ3v) is 11.8. The van der Waals surface area contributed by atoms with Crippen molar-refractivity contribution < 1.29 is 48.7 Å². The fourth-order valence-electron chi connectivity index (χ4n) is 9.34. The topological polar surface area (TPSA) is 157 Å². The number of esters is 3. The van der Waals surface area contributed by atoms with Crippen molar-refractivity contribution in [3.8, 4) is 0 Å². The molecule has 0 aromatic heterocycles. The molecule has 3 N–H and O–H groups in total. The zero-order chi connectivity index (χ0) is 36.3. The number of benzene rings is 3. The van der Waals surface area contributed by atoms with Gasteiger partial charge < -0.3 is 29.5 Å². The molecule has 3 aromatic carbocycles. The molecule has 10 heteroatoms. The number of hydrogen-bond donors (Lipinski definition) is 3. The fraction of sp³-hybridized carbons (Fsp3) is 0.366. The van der Waals surface area contributed by atoms with Gasteiger partial charge in [-0.05, 0) is 66.8 Å². The van der Waals surface area contributed by atoms with Gasteiger partial charge in [-0.2, -0.15) is 0 Å². The van der Waals surface area contributed by atoms with Crippen molar-refractivity contribution >= 4 is 23.7 Å². The van der Waals surface area contributed by atoms with Gasteiger partial charge in [-0.25, -0.2) is 14.4 Å². The van der Waals surface area contributed by atoms with E-state index in [9.17, 15) is 29.7 Å². The number of fused-ring (bicyclic) bond motifs is 3. The summed E-state index contributed by atoms with van der Waals surface area (Å²) in [6.07, 6.45) is -0.227. The van der Waals surface area contributed by atoms with Crippen LogP contribution < -0.4 is 0 Å². The van der Waals surface area contributed by atoms with E-state index in [1.54, 1.807) is 118 Å². The molecule has 3 aromatic rings. The van der Waals surface area contributed by atoms with Gasteiger partial charge in [-0.1, -0.05) is 80.6 Å². The lowest BCUT2D eigenvalue weighted by atomic mass is 9.58. The average Bonchev–Trinajstić information content (AvgIpc) is 3.59. The minimum Gasteiger partial charge on any atom is -0.461 e. The Bertz CT molecular complexity index is 1940. The van der Waals surface area contributed by atoms with Crippen LogP contribution in [0.2, 0.25) is 0 Å². The summed E-state index contributed by atoms with van der Waals surface area (Å²) in [7, 11) is 0. The summed E-state index contributed by atoms with van der Waals surface area (Å²) >= 11 is 0. The number of ketones is 1. The third kappa shape index (κ3) is 4.95. The quantitative estimate of drug-likeness (QED) is 0.175. The monoisotopic (exact) mass is 692 g/mol. The minimum absolute atomic E-state index is 0.0261. The van der Waals surface area contributed by atoms with E-state index < -0.39 is 82.3 Å². The maximum absolute atomic E-state index is 15.3. The fourth-order valence-corrected chi connectivity index (χ4v) is 9.34. The summed E-state index contributed by atoms with van der Waals surface area (Å²) in [5.74, 6) is -5.21. The van der Waals surface area contributed by atoms with E-state index in [1.807, 2.05) is 0 Å². The molecule has 7 rings (SSSR count). The molecule has 0 heterocycles. The first-order valence-electron chi connectivity index (χ1n) is 17.1. The van der Waals surface area contributed by atoms with Gasteiger partial charge in [-0.3, -0.25) is 4.79 Å². The Morgan fingerprint density at radius 3 is 1.92 bits per heavy atom. The second-order valence-corrected chi connectivity index (χ2v) is 14.5. The Balaban J connectivity index is 1.33. The van der Waals surface area contributed by atoms with E-state index in [-0.39, 0.29) is 29.7 Å². The standard InChI is InChI=1S/C41H40O10/c1-24-20-39-25(2)21-40(51-37(47)28-17-11-6-12-18-28)31(38(40,3)23-49-35(45)26-13-7-4-8-14-26)30(33(39)44)19-29(22-42)32(43)41(39,48)34(24)50-36(46)27-15-9-5-10-16-27/h4-20,25,30-32,34,42-43,48H,21-23H2,1-3H3. The highest BCUT2D eigenvalue weighted by Gasteiger charge is 2.85. The smallest absolute Gasteiger partial charge is 0.338 e. The molecule has 0 aliphatic heterocycles. The van der Waals surface area contributed by atoms with Crippen molar-refractivity contribution in [2.45, 2.75) is 50.6 Å². The number of rotatable bonds is 8. The highest BCUT2D eigenvalue weighted by molar-refractivity contribution is 5.97. The molecule has 9 atom stereocenters. The number of carbonyl (C=O) groups excluding carboxylic acids is 4. The van der Waals surface area contributed by atoms with Crippen LogP contribution in [0.5, 0.6) is 0 Å². The number of Topliss-reactive ketones (excluding diaryl/α,β-unsaturated/α-hetero) is 1. The van der Waals surface area contributed by atoms with Crippen molar-refractivity contribution in [1.82, 2.24) is 0 Å². The summed E-state index contributed by atoms with van der Waals surface area (Å²) in [6, 6.07) is 25.0. The largest absolute Gasteiger partial charge is 0.461 e. The number of carbonyl (C=O) groups is 4. The molecule has 2 bridgehead atoms. The van der Waals surface area contributed by atoms with Crippen LogP contribution >= 0.6 is 0 Å². The zero-order valence-electron chi connectivity index (χ0n) is 28.5. The Labute approximate surface area is 295 Å². The van der Waals surface area contributed by atoms with Gasteiger partial charge in [-0.15, -0.1) is 0 Å². The Hall–Kier alpha value is -4.90. The van der Waals surface area contributed by atoms with E-state index in [0.717, 1.165) is 0 Å². The first-order valence-corrected chi connectivity index (χ1v) is 17.1. The molecule has 4 aliphatic carbocycles.